The van der Waals surface area contributed by atoms with Gasteiger partial charge < -0.3 is 19.9 Å². The summed E-state index contributed by atoms with van der Waals surface area (Å²) in [5.74, 6) is 1.03. The molecule has 6 nitrogen and oxygen atoms in total. The van der Waals surface area contributed by atoms with Crippen LogP contribution in [0.2, 0.25) is 0 Å². The number of guanidine groups is 1. The molecule has 1 aromatic carbocycles. The van der Waals surface area contributed by atoms with E-state index in [2.05, 4.69) is 10.3 Å². The van der Waals surface area contributed by atoms with E-state index in [-0.39, 0.29) is 24.4 Å². The van der Waals surface area contributed by atoms with Crippen LogP contribution in [0.5, 0.6) is 5.75 Å². The summed E-state index contributed by atoms with van der Waals surface area (Å²) >= 11 is 0. The molecule has 0 aliphatic heterocycles. The Hall–Kier alpha value is -2.31. The average molecular weight is 366 g/mol. The molecular weight excluding hydrogens is 335 g/mol. The largest absolute Gasteiger partial charge is 0.489 e. The molecular formula is C19H31FN4O2. The molecule has 0 aliphatic rings. The minimum absolute atomic E-state index is 0.0683. The summed E-state index contributed by atoms with van der Waals surface area (Å²) in [5.41, 5.74) is 0. The minimum atomic E-state index is -0.294. The quantitative estimate of drug-likeness (QED) is 0.538. The first-order valence-corrected chi connectivity index (χ1v) is 9.10. The summed E-state index contributed by atoms with van der Waals surface area (Å²) in [5, 5.41) is 3.19. The van der Waals surface area contributed by atoms with Gasteiger partial charge in [0, 0.05) is 26.7 Å². The molecule has 0 heterocycles. The fourth-order valence-electron chi connectivity index (χ4n) is 2.42. The van der Waals surface area contributed by atoms with Gasteiger partial charge in [-0.15, -0.1) is 0 Å². The Morgan fingerprint density at radius 1 is 1.23 bits per heavy atom. The number of amides is 1. The number of carbonyl (C=O) groups is 1. The van der Waals surface area contributed by atoms with Gasteiger partial charge in [-0.3, -0.25) is 4.79 Å². The first-order chi connectivity index (χ1) is 12.4. The highest BCUT2D eigenvalue weighted by Gasteiger charge is 2.15. The van der Waals surface area contributed by atoms with E-state index in [1.165, 1.54) is 12.1 Å². The molecule has 1 aromatic rings. The summed E-state index contributed by atoms with van der Waals surface area (Å²) in [4.78, 5) is 20.4. The van der Waals surface area contributed by atoms with Crippen LogP contribution in [-0.2, 0) is 4.79 Å². The Bertz CT molecular complexity index is 573. The van der Waals surface area contributed by atoms with Crippen molar-refractivity contribution in [3.05, 3.63) is 30.1 Å². The highest BCUT2D eigenvalue weighted by molar-refractivity contribution is 5.86. The van der Waals surface area contributed by atoms with Crippen molar-refractivity contribution in [2.24, 2.45) is 4.99 Å². The van der Waals surface area contributed by atoms with Crippen molar-refractivity contribution in [3.63, 3.8) is 0 Å². The van der Waals surface area contributed by atoms with Crippen LogP contribution in [-0.4, -0.2) is 67.5 Å². The van der Waals surface area contributed by atoms with Crippen LogP contribution in [0.15, 0.2) is 29.3 Å². The van der Waals surface area contributed by atoms with E-state index in [9.17, 15) is 9.18 Å². The van der Waals surface area contributed by atoms with Crippen LogP contribution in [0, 0.1) is 5.82 Å². The molecule has 0 saturated carbocycles. The van der Waals surface area contributed by atoms with Crippen molar-refractivity contribution >= 4 is 11.9 Å². The van der Waals surface area contributed by atoms with Gasteiger partial charge in [-0.25, -0.2) is 9.38 Å². The van der Waals surface area contributed by atoms with E-state index in [1.54, 1.807) is 17.0 Å². The Labute approximate surface area is 156 Å². The molecule has 26 heavy (non-hydrogen) atoms. The fraction of sp³-hybridized carbons (Fsp3) is 0.579. The molecule has 1 N–H and O–H groups in total. The van der Waals surface area contributed by atoms with Gasteiger partial charge >= 0.3 is 0 Å². The number of benzene rings is 1. The number of rotatable bonds is 9. The maximum Gasteiger partial charge on any atom is 0.242 e. The number of hydrogen-bond donors (Lipinski definition) is 1. The van der Waals surface area contributed by atoms with Crippen LogP contribution in [0.25, 0.3) is 0 Å². The van der Waals surface area contributed by atoms with Crippen molar-refractivity contribution in [3.8, 4) is 5.75 Å². The van der Waals surface area contributed by atoms with Crippen molar-refractivity contribution < 1.29 is 13.9 Å². The highest BCUT2D eigenvalue weighted by atomic mass is 19.1. The maximum atomic E-state index is 12.9. The molecule has 0 fully saturated rings. The van der Waals surface area contributed by atoms with Crippen LogP contribution < -0.4 is 10.1 Å². The summed E-state index contributed by atoms with van der Waals surface area (Å²) < 4.78 is 18.7. The lowest BCUT2D eigenvalue weighted by atomic mass is 10.3. The van der Waals surface area contributed by atoms with Crippen molar-refractivity contribution in [1.82, 2.24) is 15.1 Å². The van der Waals surface area contributed by atoms with Crippen LogP contribution in [0.4, 0.5) is 4.39 Å². The van der Waals surface area contributed by atoms with E-state index in [0.29, 0.717) is 37.9 Å². The topological polar surface area (TPSA) is 57.2 Å². The molecule has 0 saturated heterocycles. The zero-order valence-corrected chi connectivity index (χ0v) is 16.5. The zero-order chi connectivity index (χ0) is 19.5. The van der Waals surface area contributed by atoms with E-state index in [0.717, 1.165) is 0 Å². The molecule has 0 aromatic heterocycles. The number of hydrogen-bond acceptors (Lipinski definition) is 3. The first kappa shape index (κ1) is 21.7. The standard InChI is InChI=1S/C19H31FN4O2/c1-6-21-19(23(5)14-18(25)24(7-2)8-3)22-13-15(4)26-17-11-9-16(20)10-12-17/h9-12,15H,6-8,13-14H2,1-5H3,(H,21,22). The molecule has 7 heteroatoms. The number of likely N-dealkylation sites (N-methyl/N-ethyl adjacent to an activating group) is 2. The third-order valence-electron chi connectivity index (χ3n) is 3.83. The molecule has 0 radical (unpaired) electrons. The third-order valence-corrected chi connectivity index (χ3v) is 3.83. The molecule has 1 atom stereocenters. The van der Waals surface area contributed by atoms with Gasteiger partial charge in [0.05, 0.1) is 13.1 Å². The van der Waals surface area contributed by atoms with Gasteiger partial charge in [0.15, 0.2) is 5.96 Å². The Balaban J connectivity index is 2.65. The monoisotopic (exact) mass is 366 g/mol. The number of aliphatic imine (C=N–C) groups is 1. The normalized spacial score (nSPS) is 12.5. The van der Waals surface area contributed by atoms with Gasteiger partial charge in [-0.2, -0.15) is 0 Å². The second kappa shape index (κ2) is 11.3. The zero-order valence-electron chi connectivity index (χ0n) is 16.5. The molecule has 1 unspecified atom stereocenters. The number of ether oxygens (including phenoxy) is 1. The van der Waals surface area contributed by atoms with E-state index < -0.39 is 0 Å². The second-order valence-electron chi connectivity index (χ2n) is 6.00. The van der Waals surface area contributed by atoms with Crippen LogP contribution >= 0.6 is 0 Å². The Morgan fingerprint density at radius 3 is 2.38 bits per heavy atom. The number of carbonyl (C=O) groups excluding carboxylic acids is 1. The number of nitrogens with zero attached hydrogens (tertiary/aromatic N) is 3. The van der Waals surface area contributed by atoms with Gasteiger partial charge in [-0.05, 0) is 52.0 Å². The van der Waals surface area contributed by atoms with Gasteiger partial charge in [0.1, 0.15) is 17.7 Å². The highest BCUT2D eigenvalue weighted by Crippen LogP contribution is 2.13. The third kappa shape index (κ3) is 7.29. The van der Waals surface area contributed by atoms with Crippen LogP contribution in [0.1, 0.15) is 27.7 Å². The smallest absolute Gasteiger partial charge is 0.242 e. The molecule has 1 amide bonds. The lowest BCUT2D eigenvalue weighted by Crippen LogP contribution is -2.46. The van der Waals surface area contributed by atoms with Crippen molar-refractivity contribution in [2.75, 3.05) is 39.8 Å². The van der Waals surface area contributed by atoms with Crippen LogP contribution in [0.3, 0.4) is 0 Å². The molecule has 0 aliphatic carbocycles. The Kier molecular flexibility index (Phi) is 9.47. The summed E-state index contributed by atoms with van der Waals surface area (Å²) in [6, 6.07) is 5.91. The molecule has 146 valence electrons. The second-order valence-corrected chi connectivity index (χ2v) is 6.00. The van der Waals surface area contributed by atoms with Crippen molar-refractivity contribution in [2.45, 2.75) is 33.8 Å². The summed E-state index contributed by atoms with van der Waals surface area (Å²) in [7, 11) is 1.84. The maximum absolute atomic E-state index is 12.9. The van der Waals surface area contributed by atoms with Gasteiger partial charge in [-0.1, -0.05) is 0 Å². The summed E-state index contributed by atoms with van der Waals surface area (Å²) in [6.07, 6.45) is -0.180. The predicted octanol–water partition coefficient (Wildman–Crippen LogP) is 2.36. The fourth-order valence-corrected chi connectivity index (χ4v) is 2.42. The molecule has 0 spiro atoms. The SMILES string of the molecule is CCNC(=NCC(C)Oc1ccc(F)cc1)N(C)CC(=O)N(CC)CC. The lowest BCUT2D eigenvalue weighted by Gasteiger charge is -2.26. The van der Waals surface area contributed by atoms with E-state index in [4.69, 9.17) is 4.74 Å². The minimum Gasteiger partial charge on any atom is -0.489 e. The average Bonchev–Trinajstić information content (AvgIpc) is 2.61. The van der Waals surface area contributed by atoms with Gasteiger partial charge in [0.25, 0.3) is 0 Å². The predicted molar refractivity (Wildman–Crippen MR) is 103 cm³/mol. The lowest BCUT2D eigenvalue weighted by molar-refractivity contribution is -0.131. The number of nitrogens with one attached hydrogen (secondary N) is 1. The van der Waals surface area contributed by atoms with E-state index in [1.807, 2.05) is 39.6 Å². The van der Waals surface area contributed by atoms with Crippen molar-refractivity contribution in [1.29, 1.82) is 0 Å². The molecule has 1 rings (SSSR count). The number of halogens is 1. The first-order valence-electron chi connectivity index (χ1n) is 9.10. The molecule has 0 bridgehead atoms. The Morgan fingerprint density at radius 2 is 1.85 bits per heavy atom. The van der Waals surface area contributed by atoms with Gasteiger partial charge in [0.2, 0.25) is 5.91 Å². The summed E-state index contributed by atoms with van der Waals surface area (Å²) in [6.45, 7) is 10.6. The van der Waals surface area contributed by atoms with E-state index >= 15 is 0 Å².